The summed E-state index contributed by atoms with van der Waals surface area (Å²) < 4.78 is 47.5. The maximum atomic E-state index is 13.9. The van der Waals surface area contributed by atoms with Crippen molar-refractivity contribution in [3.8, 4) is 0 Å². The van der Waals surface area contributed by atoms with Gasteiger partial charge in [0.25, 0.3) is 0 Å². The number of hydrogen-bond donors (Lipinski definition) is 2. The molecule has 3 aromatic rings. The molecule has 1 aliphatic rings. The SMILES string of the molecule is CC(O)c1cn(CC2CCN(Cc3ccc4cccc(F)c4n3)CC2)nn1.O=C(O)C(F)(F)F. The number of hydrogen-bond acceptors (Lipinski definition) is 6. The van der Waals surface area contributed by atoms with Crippen molar-refractivity contribution < 1.29 is 32.6 Å². The lowest BCUT2D eigenvalue weighted by Crippen LogP contribution is -2.34. The zero-order valence-corrected chi connectivity index (χ0v) is 18.4. The summed E-state index contributed by atoms with van der Waals surface area (Å²) in [4.78, 5) is 15.8. The van der Waals surface area contributed by atoms with Crippen LogP contribution < -0.4 is 0 Å². The Morgan fingerprint density at radius 1 is 1.21 bits per heavy atom. The highest BCUT2D eigenvalue weighted by Crippen LogP contribution is 2.22. The van der Waals surface area contributed by atoms with Gasteiger partial charge < -0.3 is 10.2 Å². The topological polar surface area (TPSA) is 104 Å². The average molecular weight is 483 g/mol. The monoisotopic (exact) mass is 483 g/mol. The van der Waals surface area contributed by atoms with Crippen LogP contribution >= 0.6 is 0 Å². The smallest absolute Gasteiger partial charge is 0.475 e. The van der Waals surface area contributed by atoms with Crippen molar-refractivity contribution in [3.05, 3.63) is 53.7 Å². The van der Waals surface area contributed by atoms with E-state index in [-0.39, 0.29) is 5.82 Å². The first kappa shape index (κ1) is 25.5. The quantitative estimate of drug-likeness (QED) is 0.535. The van der Waals surface area contributed by atoms with Gasteiger partial charge in [0, 0.05) is 18.5 Å². The number of pyridine rings is 1. The van der Waals surface area contributed by atoms with Crippen molar-refractivity contribution >= 4 is 16.9 Å². The molecule has 1 atom stereocenters. The Hall–Kier alpha value is -3.12. The van der Waals surface area contributed by atoms with E-state index in [2.05, 4.69) is 20.2 Å². The van der Waals surface area contributed by atoms with Crippen molar-refractivity contribution in [2.45, 2.75) is 45.1 Å². The maximum Gasteiger partial charge on any atom is 0.490 e. The highest BCUT2D eigenvalue weighted by Gasteiger charge is 2.38. The van der Waals surface area contributed by atoms with Crippen molar-refractivity contribution in [1.29, 1.82) is 0 Å². The standard InChI is InChI=1S/C20H24FN5O.C2HF3O2/c1-14(27)19-13-26(24-23-19)11-15-7-9-25(10-8-15)12-17-6-5-16-3-2-4-18(21)20(16)22-17;3-2(4,5)1(6)7/h2-6,13-15,27H,7-12H2,1H3;(H,6,7). The minimum absolute atomic E-state index is 0.266. The molecule has 1 unspecified atom stereocenters. The molecule has 4 rings (SSSR count). The van der Waals surface area contributed by atoms with E-state index in [0.29, 0.717) is 17.1 Å². The Balaban J connectivity index is 0.000000406. The number of carbonyl (C=O) groups is 1. The number of benzene rings is 1. The summed E-state index contributed by atoms with van der Waals surface area (Å²) in [5.41, 5.74) is 1.97. The third kappa shape index (κ3) is 6.94. The Morgan fingerprint density at radius 3 is 2.47 bits per heavy atom. The van der Waals surface area contributed by atoms with E-state index in [1.807, 2.05) is 29.1 Å². The molecule has 0 spiro atoms. The van der Waals surface area contributed by atoms with E-state index in [4.69, 9.17) is 9.90 Å². The fourth-order valence-corrected chi connectivity index (χ4v) is 3.65. The molecule has 1 aromatic carbocycles. The minimum Gasteiger partial charge on any atom is -0.475 e. The van der Waals surface area contributed by atoms with Crippen molar-refractivity contribution in [3.63, 3.8) is 0 Å². The number of halogens is 4. The number of aliphatic carboxylic acids is 1. The number of aliphatic hydroxyl groups excluding tert-OH is 1. The minimum atomic E-state index is -5.08. The molecule has 0 bridgehead atoms. The summed E-state index contributed by atoms with van der Waals surface area (Å²) in [5, 5.41) is 25.6. The predicted octanol–water partition coefficient (Wildman–Crippen LogP) is 3.56. The molecule has 8 nitrogen and oxygen atoms in total. The van der Waals surface area contributed by atoms with E-state index < -0.39 is 18.2 Å². The molecular formula is C22H25F4N5O3. The van der Waals surface area contributed by atoms with Gasteiger partial charge in [-0.2, -0.15) is 13.2 Å². The van der Waals surface area contributed by atoms with E-state index in [1.165, 1.54) is 6.07 Å². The first-order chi connectivity index (χ1) is 16.0. The Labute approximate surface area is 192 Å². The highest BCUT2D eigenvalue weighted by atomic mass is 19.4. The van der Waals surface area contributed by atoms with Crippen LogP contribution in [0, 0.1) is 11.7 Å². The molecule has 0 radical (unpaired) electrons. The second-order valence-electron chi connectivity index (χ2n) is 8.18. The average Bonchev–Trinajstić information content (AvgIpc) is 3.24. The fraction of sp³-hybridized carbons (Fsp3) is 0.455. The van der Waals surface area contributed by atoms with Gasteiger partial charge in [-0.1, -0.05) is 23.4 Å². The molecule has 184 valence electrons. The van der Waals surface area contributed by atoms with E-state index in [1.54, 1.807) is 13.0 Å². The number of carboxylic acids is 1. The second kappa shape index (κ2) is 10.9. The lowest BCUT2D eigenvalue weighted by molar-refractivity contribution is -0.192. The van der Waals surface area contributed by atoms with Crippen LogP contribution in [-0.4, -0.2) is 60.3 Å². The van der Waals surface area contributed by atoms with E-state index in [0.717, 1.165) is 50.1 Å². The number of nitrogens with zero attached hydrogens (tertiary/aromatic N) is 5. The Kier molecular flexibility index (Phi) is 8.15. The molecule has 1 fully saturated rings. The molecule has 0 amide bonds. The van der Waals surface area contributed by atoms with Gasteiger partial charge in [0.05, 0.1) is 18.0 Å². The number of piperidine rings is 1. The predicted molar refractivity (Wildman–Crippen MR) is 114 cm³/mol. The van der Waals surface area contributed by atoms with Gasteiger partial charge in [0.15, 0.2) is 0 Å². The van der Waals surface area contributed by atoms with Gasteiger partial charge in [0.2, 0.25) is 0 Å². The highest BCUT2D eigenvalue weighted by molar-refractivity contribution is 5.79. The number of likely N-dealkylation sites (tertiary alicyclic amines) is 1. The molecule has 12 heteroatoms. The van der Waals surface area contributed by atoms with Crippen LogP contribution in [0.2, 0.25) is 0 Å². The molecule has 2 N–H and O–H groups in total. The number of aliphatic hydroxyl groups is 1. The number of fused-ring (bicyclic) bond motifs is 1. The van der Waals surface area contributed by atoms with Crippen LogP contribution in [0.4, 0.5) is 17.6 Å². The molecule has 0 aliphatic carbocycles. The van der Waals surface area contributed by atoms with Crippen LogP contribution in [0.5, 0.6) is 0 Å². The zero-order chi connectivity index (χ0) is 24.9. The number of para-hydroxylation sites is 1. The largest absolute Gasteiger partial charge is 0.490 e. The lowest BCUT2D eigenvalue weighted by Gasteiger charge is -2.31. The summed E-state index contributed by atoms with van der Waals surface area (Å²) >= 11 is 0. The number of aromatic nitrogens is 4. The third-order valence-electron chi connectivity index (χ3n) is 5.49. The second-order valence-corrected chi connectivity index (χ2v) is 8.18. The molecule has 2 aromatic heterocycles. The lowest BCUT2D eigenvalue weighted by atomic mass is 9.96. The summed E-state index contributed by atoms with van der Waals surface area (Å²) in [7, 11) is 0. The van der Waals surface area contributed by atoms with E-state index >= 15 is 0 Å². The molecule has 3 heterocycles. The number of alkyl halides is 3. The van der Waals surface area contributed by atoms with E-state index in [9.17, 15) is 22.7 Å². The van der Waals surface area contributed by atoms with Crippen molar-refractivity contribution in [2.24, 2.45) is 5.92 Å². The van der Waals surface area contributed by atoms with Crippen LogP contribution in [0.15, 0.2) is 36.5 Å². The Morgan fingerprint density at radius 2 is 1.88 bits per heavy atom. The van der Waals surface area contributed by atoms with Crippen molar-refractivity contribution in [2.75, 3.05) is 13.1 Å². The zero-order valence-electron chi connectivity index (χ0n) is 18.4. The third-order valence-corrected chi connectivity index (χ3v) is 5.49. The van der Waals surface area contributed by atoms with Gasteiger partial charge in [0.1, 0.15) is 17.0 Å². The van der Waals surface area contributed by atoms with Crippen LogP contribution in [0.25, 0.3) is 10.9 Å². The molecule has 1 saturated heterocycles. The van der Waals surface area contributed by atoms with Crippen LogP contribution in [0.1, 0.15) is 37.3 Å². The van der Waals surface area contributed by atoms with Gasteiger partial charge in [-0.15, -0.1) is 5.10 Å². The molecule has 34 heavy (non-hydrogen) atoms. The molecule has 0 saturated carbocycles. The first-order valence-electron chi connectivity index (χ1n) is 10.7. The normalized spacial score (nSPS) is 16.2. The number of carboxylic acid groups (broad SMARTS) is 1. The molecule has 1 aliphatic heterocycles. The summed E-state index contributed by atoms with van der Waals surface area (Å²) in [6.07, 6.45) is -1.69. The maximum absolute atomic E-state index is 13.9. The van der Waals surface area contributed by atoms with Gasteiger partial charge >= 0.3 is 12.1 Å². The summed E-state index contributed by atoms with van der Waals surface area (Å²) in [6.45, 7) is 5.23. The van der Waals surface area contributed by atoms with Crippen LogP contribution in [-0.2, 0) is 17.9 Å². The van der Waals surface area contributed by atoms with Gasteiger partial charge in [-0.25, -0.2) is 14.2 Å². The van der Waals surface area contributed by atoms with Gasteiger partial charge in [-0.3, -0.25) is 9.58 Å². The Bertz CT molecular complexity index is 1110. The fourth-order valence-electron chi connectivity index (χ4n) is 3.65. The van der Waals surface area contributed by atoms with Crippen molar-refractivity contribution in [1.82, 2.24) is 24.9 Å². The van der Waals surface area contributed by atoms with Crippen LogP contribution in [0.3, 0.4) is 0 Å². The van der Waals surface area contributed by atoms with Gasteiger partial charge in [-0.05, 0) is 50.9 Å². The summed E-state index contributed by atoms with van der Waals surface area (Å²) in [5.74, 6) is -2.48. The summed E-state index contributed by atoms with van der Waals surface area (Å²) in [6, 6.07) is 8.98. The molecular weight excluding hydrogens is 458 g/mol. The number of rotatable bonds is 5. The first-order valence-corrected chi connectivity index (χ1v) is 10.7.